The number of hydrogen-bond donors (Lipinski definition) is 2. The average Bonchev–Trinajstić information content (AvgIpc) is 3.56. The molecule has 208 valence electrons. The molecule has 2 aliphatic rings. The Balaban J connectivity index is 0.000000560. The van der Waals surface area contributed by atoms with E-state index in [9.17, 15) is 32.7 Å². The molecule has 0 spiro atoms. The van der Waals surface area contributed by atoms with Gasteiger partial charge < -0.3 is 15.2 Å². The van der Waals surface area contributed by atoms with Crippen LogP contribution in [0.5, 0.6) is 0 Å². The number of alkyl halides is 3. The van der Waals surface area contributed by atoms with Crippen molar-refractivity contribution in [3.05, 3.63) is 124 Å². The summed E-state index contributed by atoms with van der Waals surface area (Å²) in [6, 6.07) is 20.7. The van der Waals surface area contributed by atoms with E-state index in [0.717, 1.165) is 34.4 Å². The largest absolute Gasteiger partial charge is 0.480 e. The number of ether oxygens (including phenoxy) is 1. The number of anilines is 1. The summed E-state index contributed by atoms with van der Waals surface area (Å²) >= 11 is 0. The number of hydrogen-bond acceptors (Lipinski definition) is 4. The molecule has 2 N–H and O–H groups in total. The minimum absolute atomic E-state index is 0.0270. The minimum atomic E-state index is -4.58. The van der Waals surface area contributed by atoms with Crippen molar-refractivity contribution in [2.75, 3.05) is 11.9 Å². The van der Waals surface area contributed by atoms with Crippen molar-refractivity contribution >= 4 is 17.6 Å². The predicted octanol–water partition coefficient (Wildman–Crippen LogP) is 5.61. The zero-order chi connectivity index (χ0) is 29.6. The normalized spacial score (nSPS) is 11.9. The predicted molar refractivity (Wildman–Crippen MR) is 146 cm³/mol. The van der Waals surface area contributed by atoms with Gasteiger partial charge in [-0.15, -0.1) is 6.42 Å². The van der Waals surface area contributed by atoms with Crippen LogP contribution in [-0.2, 0) is 22.3 Å². The molecule has 3 aromatic rings. The monoisotopic (exact) mass is 560 g/mol. The maximum absolute atomic E-state index is 13.1. The van der Waals surface area contributed by atoms with Crippen molar-refractivity contribution in [3.8, 4) is 23.5 Å². The maximum atomic E-state index is 13.1. The Kier molecular flexibility index (Phi) is 8.70. The van der Waals surface area contributed by atoms with Gasteiger partial charge in [-0.05, 0) is 53.1 Å². The van der Waals surface area contributed by atoms with Crippen LogP contribution in [0.15, 0.2) is 95.9 Å². The summed E-state index contributed by atoms with van der Waals surface area (Å²) in [5, 5.41) is 11.9. The molecule has 2 aliphatic carbocycles. The van der Waals surface area contributed by atoms with E-state index in [1.165, 1.54) is 23.4 Å². The lowest BCUT2D eigenvalue weighted by molar-refractivity contribution is -0.143. The van der Waals surface area contributed by atoms with E-state index in [0.29, 0.717) is 0 Å². The summed E-state index contributed by atoms with van der Waals surface area (Å²) in [5.74, 6) is -0.0177. The molecule has 41 heavy (non-hydrogen) atoms. The zero-order valence-electron chi connectivity index (χ0n) is 21.4. The van der Waals surface area contributed by atoms with Gasteiger partial charge in [-0.1, -0.05) is 54.5 Å². The Morgan fingerprint density at radius 1 is 0.976 bits per heavy atom. The van der Waals surface area contributed by atoms with Crippen LogP contribution in [0.25, 0.3) is 11.1 Å². The molecule has 1 heterocycles. The van der Waals surface area contributed by atoms with Gasteiger partial charge in [-0.2, -0.15) is 13.2 Å². The second kappa shape index (κ2) is 12.4. The van der Waals surface area contributed by atoms with Crippen LogP contribution in [0.2, 0.25) is 0 Å². The van der Waals surface area contributed by atoms with Gasteiger partial charge in [0.05, 0.1) is 24.3 Å². The Hall–Kier alpha value is -5.14. The van der Waals surface area contributed by atoms with Crippen LogP contribution in [0, 0.1) is 12.3 Å². The SMILES string of the molecule is C#Cc1ccn(C(COCc2ccccc2)C(=O)O)c(=O)c1NC(=O)c1ccc(C(F)(F)F)cc1.c1cc2cc-2c1. The van der Waals surface area contributed by atoms with Gasteiger partial charge in [0.25, 0.3) is 11.5 Å². The number of carboxylic acid groups (broad SMARTS) is 1. The summed E-state index contributed by atoms with van der Waals surface area (Å²) < 4.78 is 44.6. The average molecular weight is 561 g/mol. The van der Waals surface area contributed by atoms with Crippen LogP contribution < -0.4 is 10.9 Å². The third kappa shape index (κ3) is 7.29. The van der Waals surface area contributed by atoms with Crippen LogP contribution >= 0.6 is 0 Å². The maximum Gasteiger partial charge on any atom is 0.416 e. The summed E-state index contributed by atoms with van der Waals surface area (Å²) in [7, 11) is 0. The van der Waals surface area contributed by atoms with E-state index >= 15 is 0 Å². The molecule has 0 saturated carbocycles. The van der Waals surface area contributed by atoms with Gasteiger partial charge >= 0.3 is 12.1 Å². The van der Waals surface area contributed by atoms with Crippen LogP contribution in [0.4, 0.5) is 18.9 Å². The Morgan fingerprint density at radius 3 is 2.15 bits per heavy atom. The molecular weight excluding hydrogens is 537 g/mol. The smallest absolute Gasteiger partial charge is 0.416 e. The first-order chi connectivity index (χ1) is 19.6. The van der Waals surface area contributed by atoms with Gasteiger partial charge in [0, 0.05) is 11.8 Å². The molecule has 10 heteroatoms. The van der Waals surface area contributed by atoms with Crippen molar-refractivity contribution in [1.29, 1.82) is 0 Å². The van der Waals surface area contributed by atoms with Gasteiger partial charge in [0.1, 0.15) is 5.69 Å². The van der Waals surface area contributed by atoms with Gasteiger partial charge in [-0.25, -0.2) is 4.79 Å². The first-order valence-electron chi connectivity index (χ1n) is 12.2. The van der Waals surface area contributed by atoms with E-state index < -0.39 is 35.2 Å². The summed E-state index contributed by atoms with van der Waals surface area (Å²) in [5.41, 5.74) is 1.24. The molecule has 1 amide bonds. The summed E-state index contributed by atoms with van der Waals surface area (Å²) in [6.07, 6.45) is 2.02. The standard InChI is InChI=1S/C25H19F3N2O5.C6H4/c1-2-17-12-13-30(20(24(33)34)15-35-14-16-6-4-3-5-7-16)23(32)21(17)29-22(31)18-8-10-19(11-9-18)25(26,27)28;1-2-5-4-6(5)3-1/h1,3-13,20H,14-15H2,(H,29,31)(H,33,34);1-4H. The number of carbonyl (C=O) groups is 2. The van der Waals surface area contributed by atoms with E-state index in [4.69, 9.17) is 11.2 Å². The number of aliphatic carboxylic acids is 1. The Morgan fingerprint density at radius 2 is 1.63 bits per heavy atom. The lowest BCUT2D eigenvalue weighted by Crippen LogP contribution is -2.35. The lowest BCUT2D eigenvalue weighted by atomic mass is 10.1. The number of halogens is 3. The second-order valence-electron chi connectivity index (χ2n) is 8.93. The van der Waals surface area contributed by atoms with Crippen molar-refractivity contribution in [2.45, 2.75) is 18.8 Å². The molecule has 0 radical (unpaired) electrons. The lowest BCUT2D eigenvalue weighted by Gasteiger charge is -2.18. The number of carbonyl (C=O) groups excluding carboxylic acids is 1. The number of terminal acetylenes is 1. The van der Waals surface area contributed by atoms with Crippen molar-refractivity contribution < 1.29 is 32.6 Å². The molecular formula is C31H23F3N2O5. The highest BCUT2D eigenvalue weighted by atomic mass is 19.4. The minimum Gasteiger partial charge on any atom is -0.480 e. The zero-order valence-corrected chi connectivity index (χ0v) is 21.4. The van der Waals surface area contributed by atoms with Crippen molar-refractivity contribution in [2.24, 2.45) is 0 Å². The number of nitrogens with one attached hydrogen (secondary N) is 1. The van der Waals surface area contributed by atoms with Gasteiger partial charge in [0.2, 0.25) is 0 Å². The third-order valence-corrected chi connectivity index (χ3v) is 6.11. The third-order valence-electron chi connectivity index (χ3n) is 6.11. The molecule has 0 aliphatic heterocycles. The highest BCUT2D eigenvalue weighted by Gasteiger charge is 2.30. The molecule has 5 rings (SSSR count). The fourth-order valence-electron chi connectivity index (χ4n) is 3.84. The van der Waals surface area contributed by atoms with E-state index in [2.05, 4.69) is 35.5 Å². The summed E-state index contributed by atoms with van der Waals surface area (Å²) in [6.45, 7) is -0.245. The topological polar surface area (TPSA) is 97.6 Å². The number of amides is 1. The first kappa shape index (κ1) is 28.9. The molecule has 1 atom stereocenters. The molecule has 0 saturated heterocycles. The molecule has 7 nitrogen and oxygen atoms in total. The van der Waals surface area contributed by atoms with Crippen LogP contribution in [0.3, 0.4) is 0 Å². The number of benzene rings is 3. The second-order valence-corrected chi connectivity index (χ2v) is 8.93. The van der Waals surface area contributed by atoms with Crippen LogP contribution in [0.1, 0.15) is 33.1 Å². The van der Waals surface area contributed by atoms with Crippen LogP contribution in [-0.4, -0.2) is 28.2 Å². The highest BCUT2D eigenvalue weighted by molar-refractivity contribution is 6.04. The number of rotatable bonds is 8. The number of carboxylic acids is 1. The Labute approximate surface area is 232 Å². The Bertz CT molecular complexity index is 1640. The molecule has 0 bridgehead atoms. The van der Waals surface area contributed by atoms with Crippen molar-refractivity contribution in [3.63, 3.8) is 0 Å². The fourth-order valence-corrected chi connectivity index (χ4v) is 3.84. The molecule has 1 unspecified atom stereocenters. The van der Waals surface area contributed by atoms with E-state index in [-0.39, 0.29) is 30.0 Å². The molecule has 0 fully saturated rings. The molecule has 1 aromatic heterocycles. The highest BCUT2D eigenvalue weighted by Crippen LogP contribution is 2.32. The first-order valence-corrected chi connectivity index (χ1v) is 12.2. The number of fused-ring (bicyclic) bond motifs is 1. The van der Waals surface area contributed by atoms with Gasteiger partial charge in [0.15, 0.2) is 6.04 Å². The van der Waals surface area contributed by atoms with Gasteiger partial charge in [-0.3, -0.25) is 14.2 Å². The molecule has 2 aromatic carbocycles. The fraction of sp³-hybridized carbons (Fsp3) is 0.129. The quantitative estimate of drug-likeness (QED) is 0.241. The van der Waals surface area contributed by atoms with Crippen molar-refractivity contribution in [1.82, 2.24) is 4.57 Å². The number of pyridine rings is 1. The summed E-state index contributed by atoms with van der Waals surface area (Å²) in [4.78, 5) is 37.5. The van der Waals surface area contributed by atoms with E-state index in [1.807, 2.05) is 6.07 Å². The van der Waals surface area contributed by atoms with E-state index in [1.54, 1.807) is 24.3 Å². The number of nitrogens with zero attached hydrogens (tertiary/aromatic N) is 1. The number of aromatic nitrogens is 1.